The third kappa shape index (κ3) is 2.97. The van der Waals surface area contributed by atoms with Crippen LogP contribution in [0.3, 0.4) is 0 Å². The summed E-state index contributed by atoms with van der Waals surface area (Å²) < 4.78 is 5.26. The number of Topliss-reactive ketones (excluding diaryl/α,β-unsaturated/α-hetero) is 1. The fourth-order valence-corrected chi connectivity index (χ4v) is 4.72. The van der Waals surface area contributed by atoms with Gasteiger partial charge in [-0.25, -0.2) is 4.79 Å². The molecular weight excluding hydrogens is 322 g/mol. The van der Waals surface area contributed by atoms with Crippen molar-refractivity contribution in [3.8, 4) is 0 Å². The molecule has 1 aliphatic carbocycles. The molecule has 1 aromatic heterocycles. The average Bonchev–Trinajstić information content (AvgIpc) is 2.98. The summed E-state index contributed by atoms with van der Waals surface area (Å²) in [6.07, 6.45) is 1.31. The van der Waals surface area contributed by atoms with E-state index in [1.54, 1.807) is 18.3 Å². The molecule has 3 rings (SSSR count). The van der Waals surface area contributed by atoms with E-state index in [0.717, 1.165) is 17.0 Å². The number of carbonyl (C=O) groups is 2. The third-order valence-corrected chi connectivity index (χ3v) is 5.66. The van der Waals surface area contributed by atoms with Crippen molar-refractivity contribution in [1.82, 2.24) is 0 Å². The fourth-order valence-electron chi connectivity index (χ4n) is 3.84. The van der Waals surface area contributed by atoms with Gasteiger partial charge in [-0.1, -0.05) is 19.9 Å². The minimum absolute atomic E-state index is 0.0753. The molecule has 5 heteroatoms. The first-order chi connectivity index (χ1) is 11.3. The largest absolute Gasteiger partial charge is 0.463 e. The first kappa shape index (κ1) is 17.1. The summed E-state index contributed by atoms with van der Waals surface area (Å²) in [6, 6.07) is 3.96. The topological polar surface area (TPSA) is 55.7 Å². The number of esters is 1. The molecule has 2 heterocycles. The van der Waals surface area contributed by atoms with Gasteiger partial charge >= 0.3 is 5.97 Å². The lowest BCUT2D eigenvalue weighted by Gasteiger charge is -2.40. The predicted molar refractivity (Wildman–Crippen MR) is 95.3 cm³/mol. The Morgan fingerprint density at radius 2 is 2.12 bits per heavy atom. The zero-order chi connectivity index (χ0) is 17.5. The van der Waals surface area contributed by atoms with Crippen LogP contribution in [-0.4, -0.2) is 24.1 Å². The summed E-state index contributed by atoms with van der Waals surface area (Å²) in [5.41, 5.74) is 2.07. The van der Waals surface area contributed by atoms with Crippen molar-refractivity contribution in [1.29, 1.82) is 0 Å². The molecule has 0 saturated heterocycles. The van der Waals surface area contributed by atoms with Gasteiger partial charge in [0.05, 0.1) is 18.1 Å². The van der Waals surface area contributed by atoms with E-state index < -0.39 is 0 Å². The highest BCUT2D eigenvalue weighted by atomic mass is 32.1. The maximum atomic E-state index is 12.9. The van der Waals surface area contributed by atoms with E-state index in [0.29, 0.717) is 24.3 Å². The zero-order valence-electron chi connectivity index (χ0n) is 14.6. The lowest BCUT2D eigenvalue weighted by molar-refractivity contribution is -0.139. The van der Waals surface area contributed by atoms with Crippen LogP contribution in [0, 0.1) is 11.3 Å². The first-order valence-corrected chi connectivity index (χ1v) is 9.23. The summed E-state index contributed by atoms with van der Waals surface area (Å²) >= 11 is 1.58. The van der Waals surface area contributed by atoms with E-state index >= 15 is 0 Å². The minimum atomic E-state index is -0.353. The normalized spacial score (nSPS) is 26.0. The van der Waals surface area contributed by atoms with Crippen LogP contribution in [0.25, 0.3) is 0 Å². The first-order valence-electron chi connectivity index (χ1n) is 8.35. The molecule has 2 aliphatic rings. The molecule has 24 heavy (non-hydrogen) atoms. The van der Waals surface area contributed by atoms with Crippen LogP contribution in [0.1, 0.15) is 51.3 Å². The Labute approximate surface area is 146 Å². The van der Waals surface area contributed by atoms with Crippen molar-refractivity contribution in [2.75, 3.05) is 6.61 Å². The van der Waals surface area contributed by atoms with Crippen LogP contribution in [0.5, 0.6) is 0 Å². The summed E-state index contributed by atoms with van der Waals surface area (Å²) in [6.45, 7) is 8.16. The highest BCUT2D eigenvalue weighted by Gasteiger charge is 2.47. The molecule has 128 valence electrons. The van der Waals surface area contributed by atoms with Gasteiger partial charge in [0, 0.05) is 28.6 Å². The molecule has 0 radical (unpaired) electrons. The van der Waals surface area contributed by atoms with Crippen LogP contribution in [0.15, 0.2) is 33.8 Å². The molecule has 2 atom stereocenters. The third-order valence-electron chi connectivity index (χ3n) is 4.71. The quantitative estimate of drug-likeness (QED) is 0.774. The molecule has 0 bridgehead atoms. The lowest BCUT2D eigenvalue weighted by atomic mass is 9.64. The van der Waals surface area contributed by atoms with Crippen molar-refractivity contribution in [2.24, 2.45) is 16.3 Å². The number of fused-ring (bicyclic) bond motifs is 1. The standard InChI is InChI=1S/C19H23NO3S/c1-5-23-18(22)15-11(2)20-12-9-19(3,4)10-13(21)16(12)17(15)14-7-6-8-24-14/h6-8,16-17H,5,9-10H2,1-4H3/t16-,17+/m0/s1. The Bertz CT molecular complexity index is 728. The second-order valence-electron chi connectivity index (χ2n) is 7.28. The second kappa shape index (κ2) is 6.28. The molecule has 4 nitrogen and oxygen atoms in total. The molecule has 0 spiro atoms. The van der Waals surface area contributed by atoms with E-state index in [1.807, 2.05) is 24.4 Å². The van der Waals surface area contributed by atoms with Gasteiger partial charge in [-0.2, -0.15) is 0 Å². The van der Waals surface area contributed by atoms with E-state index in [2.05, 4.69) is 18.8 Å². The molecule has 1 aliphatic heterocycles. The highest BCUT2D eigenvalue weighted by Crippen LogP contribution is 2.47. The number of carbonyl (C=O) groups excluding carboxylic acids is 2. The predicted octanol–water partition coefficient (Wildman–Crippen LogP) is 4.13. The van der Waals surface area contributed by atoms with Gasteiger partial charge in [0.1, 0.15) is 5.78 Å². The van der Waals surface area contributed by atoms with Crippen LogP contribution < -0.4 is 0 Å². The van der Waals surface area contributed by atoms with Gasteiger partial charge in [0.2, 0.25) is 0 Å². The number of rotatable bonds is 3. The van der Waals surface area contributed by atoms with Gasteiger partial charge in [0.15, 0.2) is 0 Å². The molecule has 0 amide bonds. The number of thiophene rings is 1. The average molecular weight is 345 g/mol. The SMILES string of the molecule is CCOC(=O)C1=C(C)N=C2CC(C)(C)CC(=O)[C@H]2[C@@H]1c1cccs1. The van der Waals surface area contributed by atoms with Crippen molar-refractivity contribution in [3.63, 3.8) is 0 Å². The summed E-state index contributed by atoms with van der Waals surface area (Å²) in [7, 11) is 0. The van der Waals surface area contributed by atoms with E-state index in [-0.39, 0.29) is 29.0 Å². The Hall–Kier alpha value is -1.75. The second-order valence-corrected chi connectivity index (χ2v) is 8.26. The fraction of sp³-hybridized carbons (Fsp3) is 0.526. The smallest absolute Gasteiger partial charge is 0.336 e. The monoisotopic (exact) mass is 345 g/mol. The van der Waals surface area contributed by atoms with Crippen LogP contribution in [0.2, 0.25) is 0 Å². The van der Waals surface area contributed by atoms with E-state index in [4.69, 9.17) is 4.74 Å². The Balaban J connectivity index is 2.13. The Kier molecular flexibility index (Phi) is 4.47. The van der Waals surface area contributed by atoms with Crippen LogP contribution >= 0.6 is 11.3 Å². The van der Waals surface area contributed by atoms with Gasteiger partial charge in [0.25, 0.3) is 0 Å². The number of aliphatic imine (C=N–C) groups is 1. The van der Waals surface area contributed by atoms with Gasteiger partial charge < -0.3 is 4.74 Å². The maximum absolute atomic E-state index is 12.9. The molecule has 1 aromatic rings. The van der Waals surface area contributed by atoms with Crippen LogP contribution in [0.4, 0.5) is 0 Å². The molecule has 0 N–H and O–H groups in total. The number of nitrogens with zero attached hydrogens (tertiary/aromatic N) is 1. The van der Waals surface area contributed by atoms with Crippen molar-refractivity contribution < 1.29 is 14.3 Å². The molecule has 1 fully saturated rings. The van der Waals surface area contributed by atoms with Gasteiger partial charge in [-0.05, 0) is 37.1 Å². The lowest BCUT2D eigenvalue weighted by Crippen LogP contribution is -2.43. The molecule has 0 unspecified atom stereocenters. The van der Waals surface area contributed by atoms with Crippen LogP contribution in [-0.2, 0) is 14.3 Å². The maximum Gasteiger partial charge on any atom is 0.336 e. The van der Waals surface area contributed by atoms with Crippen molar-refractivity contribution >= 4 is 28.8 Å². The van der Waals surface area contributed by atoms with E-state index in [9.17, 15) is 9.59 Å². The van der Waals surface area contributed by atoms with Gasteiger partial charge in [-0.15, -0.1) is 11.3 Å². The number of hydrogen-bond acceptors (Lipinski definition) is 5. The number of ether oxygens (including phenoxy) is 1. The van der Waals surface area contributed by atoms with E-state index in [1.165, 1.54) is 0 Å². The zero-order valence-corrected chi connectivity index (χ0v) is 15.4. The number of hydrogen-bond donors (Lipinski definition) is 0. The molecular formula is C19H23NO3S. The summed E-state index contributed by atoms with van der Waals surface area (Å²) in [5, 5.41) is 1.98. The van der Waals surface area contributed by atoms with Crippen molar-refractivity contribution in [2.45, 2.75) is 46.5 Å². The Morgan fingerprint density at radius 3 is 2.75 bits per heavy atom. The molecule has 0 aromatic carbocycles. The van der Waals surface area contributed by atoms with Crippen molar-refractivity contribution in [3.05, 3.63) is 33.7 Å². The Morgan fingerprint density at radius 1 is 1.38 bits per heavy atom. The minimum Gasteiger partial charge on any atom is -0.463 e. The summed E-state index contributed by atoms with van der Waals surface area (Å²) in [4.78, 5) is 31.2. The van der Waals surface area contributed by atoms with Gasteiger partial charge in [-0.3, -0.25) is 9.79 Å². The summed E-state index contributed by atoms with van der Waals surface area (Å²) in [5.74, 6) is -0.772. The highest BCUT2D eigenvalue weighted by molar-refractivity contribution is 7.10. The number of allylic oxidation sites excluding steroid dienone is 1. The molecule has 1 saturated carbocycles. The number of ketones is 1.